The van der Waals surface area contributed by atoms with E-state index >= 15 is 0 Å². The predicted molar refractivity (Wildman–Crippen MR) is 92.5 cm³/mol. The quantitative estimate of drug-likeness (QED) is 0.665. The maximum Gasteiger partial charge on any atom is 0.435 e. The highest BCUT2D eigenvalue weighted by molar-refractivity contribution is 6.33. The lowest BCUT2D eigenvalue weighted by atomic mass is 10.1. The first kappa shape index (κ1) is 17.8. The number of aryl methyl sites for hydroxylation is 1. The largest absolute Gasteiger partial charge is 0.435 e. The molecule has 3 heterocycles. The number of hydrogen-bond donors (Lipinski definition) is 0. The Balaban J connectivity index is 1.57. The second-order valence-electron chi connectivity index (χ2n) is 6.40. The van der Waals surface area contributed by atoms with Gasteiger partial charge in [0.05, 0.1) is 22.2 Å². The molecule has 0 aliphatic carbocycles. The third-order valence-corrected chi connectivity index (χ3v) is 4.83. The molecule has 1 fully saturated rings. The summed E-state index contributed by atoms with van der Waals surface area (Å²) in [5, 5.41) is 7.87. The molecule has 0 bridgehead atoms. The Labute approximate surface area is 157 Å². The highest BCUT2D eigenvalue weighted by atomic mass is 35.5. The molecule has 0 N–H and O–H groups in total. The predicted octanol–water partition coefficient (Wildman–Crippen LogP) is 4.14. The lowest BCUT2D eigenvalue weighted by molar-refractivity contribution is -0.141. The van der Waals surface area contributed by atoms with E-state index in [1.165, 1.54) is 13.2 Å². The van der Waals surface area contributed by atoms with Crippen molar-refractivity contribution in [3.8, 4) is 11.4 Å². The Kier molecular flexibility index (Phi) is 4.33. The zero-order chi connectivity index (χ0) is 19.2. The van der Waals surface area contributed by atoms with E-state index in [1.54, 1.807) is 0 Å². The minimum absolute atomic E-state index is 0.0754. The molecule has 142 valence electrons. The van der Waals surface area contributed by atoms with Crippen molar-refractivity contribution in [1.82, 2.24) is 19.9 Å². The van der Waals surface area contributed by atoms with Gasteiger partial charge in [-0.05, 0) is 18.6 Å². The van der Waals surface area contributed by atoms with Crippen molar-refractivity contribution in [2.75, 3.05) is 18.0 Å². The molecular weight excluding hydrogens is 383 g/mol. The van der Waals surface area contributed by atoms with Crippen molar-refractivity contribution in [2.24, 2.45) is 7.05 Å². The minimum Gasteiger partial charge on any atom is -0.370 e. The van der Waals surface area contributed by atoms with Gasteiger partial charge in [-0.3, -0.25) is 4.68 Å². The van der Waals surface area contributed by atoms with E-state index in [4.69, 9.17) is 16.1 Å². The SMILES string of the molecule is Cn1cc(-c2noc(C3CCN(c4ccccc4Cl)C3)n2)c(C(F)(F)F)n1. The molecular formula is C17H15ClF3N5O. The summed E-state index contributed by atoms with van der Waals surface area (Å²) in [6.45, 7) is 1.34. The Morgan fingerprint density at radius 3 is 2.78 bits per heavy atom. The number of anilines is 1. The third-order valence-electron chi connectivity index (χ3n) is 4.51. The first-order valence-corrected chi connectivity index (χ1v) is 8.65. The highest BCUT2D eigenvalue weighted by Gasteiger charge is 2.39. The Hall–Kier alpha value is -2.55. The second kappa shape index (κ2) is 6.56. The van der Waals surface area contributed by atoms with Crippen LogP contribution in [0, 0.1) is 0 Å². The van der Waals surface area contributed by atoms with E-state index in [1.807, 2.05) is 24.3 Å². The van der Waals surface area contributed by atoms with E-state index in [9.17, 15) is 13.2 Å². The van der Waals surface area contributed by atoms with Gasteiger partial charge in [0, 0.05) is 26.3 Å². The average molecular weight is 398 g/mol. The zero-order valence-electron chi connectivity index (χ0n) is 14.2. The molecule has 4 rings (SSSR count). The molecule has 27 heavy (non-hydrogen) atoms. The summed E-state index contributed by atoms with van der Waals surface area (Å²) in [5.41, 5.74) is -0.310. The molecule has 1 aromatic carbocycles. The molecule has 0 radical (unpaired) electrons. The lowest BCUT2D eigenvalue weighted by Crippen LogP contribution is -2.19. The molecule has 3 aromatic rings. The molecule has 1 atom stereocenters. The Bertz CT molecular complexity index is 968. The number of halogens is 4. The van der Waals surface area contributed by atoms with Crippen LogP contribution in [0.5, 0.6) is 0 Å². The van der Waals surface area contributed by atoms with Crippen molar-refractivity contribution in [3.63, 3.8) is 0 Å². The summed E-state index contributed by atoms with van der Waals surface area (Å²) < 4.78 is 45.8. The summed E-state index contributed by atoms with van der Waals surface area (Å²) in [7, 11) is 1.41. The van der Waals surface area contributed by atoms with E-state index in [-0.39, 0.29) is 17.3 Å². The van der Waals surface area contributed by atoms with E-state index in [2.05, 4.69) is 20.1 Å². The minimum atomic E-state index is -4.59. The molecule has 2 aromatic heterocycles. The molecule has 0 spiro atoms. The zero-order valence-corrected chi connectivity index (χ0v) is 15.0. The summed E-state index contributed by atoms with van der Waals surface area (Å²) in [5.74, 6) is 0.131. The van der Waals surface area contributed by atoms with Gasteiger partial charge in [0.15, 0.2) is 5.69 Å². The van der Waals surface area contributed by atoms with Gasteiger partial charge >= 0.3 is 6.18 Å². The van der Waals surface area contributed by atoms with Crippen LogP contribution in [0.2, 0.25) is 5.02 Å². The van der Waals surface area contributed by atoms with Gasteiger partial charge in [-0.2, -0.15) is 23.3 Å². The second-order valence-corrected chi connectivity index (χ2v) is 6.81. The molecule has 0 saturated carbocycles. The van der Waals surface area contributed by atoms with Crippen LogP contribution < -0.4 is 4.90 Å². The van der Waals surface area contributed by atoms with Gasteiger partial charge in [0.1, 0.15) is 0 Å². The van der Waals surface area contributed by atoms with Gasteiger partial charge in [-0.25, -0.2) is 0 Å². The number of para-hydroxylation sites is 1. The van der Waals surface area contributed by atoms with Gasteiger partial charge in [0.2, 0.25) is 11.7 Å². The number of aromatic nitrogens is 4. The first-order chi connectivity index (χ1) is 12.8. The summed E-state index contributed by atoms with van der Waals surface area (Å²) >= 11 is 6.24. The van der Waals surface area contributed by atoms with E-state index < -0.39 is 11.9 Å². The van der Waals surface area contributed by atoms with Crippen LogP contribution in [0.1, 0.15) is 23.9 Å². The van der Waals surface area contributed by atoms with Crippen molar-refractivity contribution >= 4 is 17.3 Å². The standard InChI is InChI=1S/C17H15ClF3N5O/c1-25-9-11(14(23-25)17(19,20)21)15-22-16(27-24-15)10-6-7-26(8-10)13-5-3-2-4-12(13)18/h2-5,9-10H,6-8H2,1H3. The van der Waals surface area contributed by atoms with Crippen LogP contribution in [0.15, 0.2) is 35.0 Å². The molecule has 10 heteroatoms. The highest BCUT2D eigenvalue weighted by Crippen LogP contribution is 2.37. The summed E-state index contributed by atoms with van der Waals surface area (Å²) in [6, 6.07) is 7.50. The van der Waals surface area contributed by atoms with E-state index in [0.29, 0.717) is 17.5 Å². The molecule has 1 saturated heterocycles. The number of hydrogen-bond acceptors (Lipinski definition) is 5. The normalized spacial score (nSPS) is 17.7. The van der Waals surface area contributed by atoms with Crippen LogP contribution in [0.4, 0.5) is 18.9 Å². The van der Waals surface area contributed by atoms with E-state index in [0.717, 1.165) is 23.3 Å². The van der Waals surface area contributed by atoms with Crippen molar-refractivity contribution < 1.29 is 17.7 Å². The monoisotopic (exact) mass is 397 g/mol. The molecule has 1 unspecified atom stereocenters. The van der Waals surface area contributed by atoms with Crippen molar-refractivity contribution in [2.45, 2.75) is 18.5 Å². The third kappa shape index (κ3) is 3.39. The fourth-order valence-electron chi connectivity index (χ4n) is 3.26. The topological polar surface area (TPSA) is 60.0 Å². The van der Waals surface area contributed by atoms with Crippen LogP contribution in [-0.4, -0.2) is 33.0 Å². The number of alkyl halides is 3. The smallest absolute Gasteiger partial charge is 0.370 e. The number of benzene rings is 1. The van der Waals surface area contributed by atoms with Gasteiger partial charge in [-0.15, -0.1) is 0 Å². The van der Waals surface area contributed by atoms with Crippen LogP contribution in [0.3, 0.4) is 0 Å². The molecule has 1 aliphatic heterocycles. The lowest BCUT2D eigenvalue weighted by Gasteiger charge is -2.19. The maximum atomic E-state index is 13.2. The van der Waals surface area contributed by atoms with Gasteiger partial charge in [-0.1, -0.05) is 28.9 Å². The fraction of sp³-hybridized carbons (Fsp3) is 0.353. The maximum absolute atomic E-state index is 13.2. The fourth-order valence-corrected chi connectivity index (χ4v) is 3.52. The van der Waals surface area contributed by atoms with Gasteiger partial charge in [0.25, 0.3) is 0 Å². The van der Waals surface area contributed by atoms with Gasteiger partial charge < -0.3 is 9.42 Å². The average Bonchev–Trinajstić information content (AvgIpc) is 3.32. The Morgan fingerprint density at radius 1 is 1.26 bits per heavy atom. The summed E-state index contributed by atoms with van der Waals surface area (Å²) in [4.78, 5) is 6.31. The Morgan fingerprint density at radius 2 is 2.04 bits per heavy atom. The number of rotatable bonds is 3. The van der Waals surface area contributed by atoms with Crippen LogP contribution in [-0.2, 0) is 13.2 Å². The summed E-state index contributed by atoms with van der Waals surface area (Å²) in [6.07, 6.45) is -2.61. The van der Waals surface area contributed by atoms with Crippen LogP contribution >= 0.6 is 11.6 Å². The first-order valence-electron chi connectivity index (χ1n) is 8.27. The number of nitrogens with zero attached hydrogens (tertiary/aromatic N) is 5. The van der Waals surface area contributed by atoms with Crippen LogP contribution in [0.25, 0.3) is 11.4 Å². The van der Waals surface area contributed by atoms with Crippen molar-refractivity contribution in [1.29, 1.82) is 0 Å². The molecule has 6 nitrogen and oxygen atoms in total. The molecule has 1 aliphatic rings. The van der Waals surface area contributed by atoms with Crippen molar-refractivity contribution in [3.05, 3.63) is 47.1 Å². The molecule has 0 amide bonds.